The number of aliphatic hydroxyl groups is 2. The van der Waals surface area contributed by atoms with Crippen LogP contribution >= 0.6 is 0 Å². The third kappa shape index (κ3) is 4.42. The number of hydrogen-bond donors (Lipinski definition) is 3. The van der Waals surface area contributed by atoms with Crippen molar-refractivity contribution in [3.63, 3.8) is 0 Å². The molecule has 1 saturated heterocycles. The van der Waals surface area contributed by atoms with Gasteiger partial charge in [-0.3, -0.25) is 14.3 Å². The Balaban J connectivity index is 1.87. The number of aromatic nitrogens is 2. The summed E-state index contributed by atoms with van der Waals surface area (Å²) >= 11 is 0. The number of H-pyrrole nitrogens is 1. The van der Waals surface area contributed by atoms with Gasteiger partial charge in [0.2, 0.25) is 0 Å². The summed E-state index contributed by atoms with van der Waals surface area (Å²) in [5, 5.41) is 22.7. The lowest BCUT2D eigenvalue weighted by molar-refractivity contribution is -0.147. The quantitative estimate of drug-likeness (QED) is 0.415. The summed E-state index contributed by atoms with van der Waals surface area (Å²) in [6, 6.07) is 20.1. The van der Waals surface area contributed by atoms with Gasteiger partial charge in [0.1, 0.15) is 11.8 Å². The lowest BCUT2D eigenvalue weighted by Crippen LogP contribution is -2.69. The Morgan fingerprint density at radius 2 is 1.56 bits per heavy atom. The molecule has 9 heteroatoms. The van der Waals surface area contributed by atoms with E-state index in [0.717, 1.165) is 10.4 Å². The highest BCUT2D eigenvalue weighted by Crippen LogP contribution is 2.44. The Hall–Kier alpha value is -2.82. The van der Waals surface area contributed by atoms with Gasteiger partial charge in [0, 0.05) is 18.2 Å². The fraction of sp³-hybridized carbons (Fsp3) is 0.407. The molecule has 1 aromatic heterocycles. The van der Waals surface area contributed by atoms with Gasteiger partial charge in [-0.1, -0.05) is 81.4 Å². The smallest absolute Gasteiger partial charge is 0.330 e. The topological polar surface area (TPSA) is 114 Å². The second kappa shape index (κ2) is 9.91. The van der Waals surface area contributed by atoms with Crippen LogP contribution in [0.25, 0.3) is 0 Å². The maximum absolute atomic E-state index is 12.6. The van der Waals surface area contributed by atoms with Crippen molar-refractivity contribution in [2.45, 2.75) is 57.1 Å². The van der Waals surface area contributed by atoms with Gasteiger partial charge in [0.25, 0.3) is 13.9 Å². The van der Waals surface area contributed by atoms with Gasteiger partial charge in [0.05, 0.1) is 19.3 Å². The molecule has 0 spiro atoms. The molecule has 0 amide bonds. The van der Waals surface area contributed by atoms with E-state index in [9.17, 15) is 19.8 Å². The number of rotatable bonds is 7. The lowest BCUT2D eigenvalue weighted by Gasteiger charge is -2.46. The first-order valence-electron chi connectivity index (χ1n) is 12.1. The number of nitrogens with one attached hydrogen (secondary N) is 1. The molecule has 0 aliphatic carbocycles. The van der Waals surface area contributed by atoms with Crippen LogP contribution in [0.3, 0.4) is 0 Å². The van der Waals surface area contributed by atoms with Gasteiger partial charge in [-0.15, -0.1) is 0 Å². The third-order valence-corrected chi connectivity index (χ3v) is 12.1. The van der Waals surface area contributed by atoms with E-state index >= 15 is 0 Å². The SMILES string of the molecule is Cc1cn([C@H]2C[C@H](O[Si](c3ccccc3)(c3ccccc3)C(C)(C)C)C(CO)(CO)O2)c(=O)[nH]c1=O. The van der Waals surface area contributed by atoms with Crippen LogP contribution in [0.4, 0.5) is 0 Å². The fourth-order valence-electron chi connectivity index (χ4n) is 5.15. The number of hydrogen-bond acceptors (Lipinski definition) is 6. The van der Waals surface area contributed by atoms with E-state index in [1.165, 1.54) is 10.8 Å². The van der Waals surface area contributed by atoms with Gasteiger partial charge in [-0.05, 0) is 22.3 Å². The number of aryl methyl sites for hydroxylation is 1. The van der Waals surface area contributed by atoms with Crippen molar-refractivity contribution in [3.05, 3.63) is 93.3 Å². The number of ether oxygens (including phenoxy) is 1. The summed E-state index contributed by atoms with van der Waals surface area (Å²) in [7, 11) is -3.05. The molecule has 0 unspecified atom stereocenters. The van der Waals surface area contributed by atoms with E-state index in [0.29, 0.717) is 5.56 Å². The van der Waals surface area contributed by atoms with Crippen LogP contribution in [0.15, 0.2) is 76.4 Å². The van der Waals surface area contributed by atoms with E-state index in [1.807, 2.05) is 36.4 Å². The Morgan fingerprint density at radius 1 is 1.03 bits per heavy atom. The predicted molar refractivity (Wildman–Crippen MR) is 140 cm³/mol. The first-order valence-corrected chi connectivity index (χ1v) is 14.0. The summed E-state index contributed by atoms with van der Waals surface area (Å²) < 4.78 is 14.7. The normalized spacial score (nSPS) is 19.9. The van der Waals surface area contributed by atoms with Crippen LogP contribution in [-0.4, -0.2) is 53.0 Å². The summed E-state index contributed by atoms with van der Waals surface area (Å²) in [6.07, 6.45) is 0.0756. The van der Waals surface area contributed by atoms with Crippen LogP contribution in [0, 0.1) is 6.92 Å². The van der Waals surface area contributed by atoms with Gasteiger partial charge in [-0.25, -0.2) is 4.79 Å². The fourth-order valence-corrected chi connectivity index (χ4v) is 9.90. The molecule has 4 rings (SSSR count). The zero-order chi connectivity index (χ0) is 26.1. The molecule has 36 heavy (non-hydrogen) atoms. The first kappa shape index (κ1) is 26.2. The first-order chi connectivity index (χ1) is 17.1. The van der Waals surface area contributed by atoms with Crippen molar-refractivity contribution in [2.24, 2.45) is 0 Å². The van der Waals surface area contributed by atoms with Gasteiger partial charge < -0.3 is 19.4 Å². The summed E-state index contributed by atoms with van der Waals surface area (Å²) in [5.74, 6) is 0. The van der Waals surface area contributed by atoms with Gasteiger partial charge in [-0.2, -0.15) is 0 Å². The van der Waals surface area contributed by atoms with E-state index < -0.39 is 50.7 Å². The molecule has 3 N–H and O–H groups in total. The van der Waals surface area contributed by atoms with Crippen LogP contribution < -0.4 is 21.6 Å². The average Bonchev–Trinajstić information content (AvgIpc) is 3.23. The monoisotopic (exact) mass is 510 g/mol. The Morgan fingerprint density at radius 3 is 2.03 bits per heavy atom. The van der Waals surface area contributed by atoms with Crippen molar-refractivity contribution in [3.8, 4) is 0 Å². The molecule has 2 atom stereocenters. The highest BCUT2D eigenvalue weighted by molar-refractivity contribution is 6.99. The standard InChI is InChI=1S/C27H34N2O6Si/c1-19-16-29(25(33)28-24(19)32)23-15-22(27(17-30,18-31)34-23)35-36(26(2,3)4,20-11-7-5-8-12-20)21-13-9-6-10-14-21/h5-14,16,22-23,30-31H,15,17-18H2,1-4H3,(H,28,32,33)/t22-,23+/m0/s1. The van der Waals surface area contributed by atoms with Crippen molar-refractivity contribution in [1.82, 2.24) is 9.55 Å². The molecule has 0 bridgehead atoms. The number of nitrogens with zero attached hydrogens (tertiary/aromatic N) is 1. The maximum atomic E-state index is 12.6. The van der Waals surface area contributed by atoms with Crippen molar-refractivity contribution in [1.29, 1.82) is 0 Å². The molecule has 2 aromatic carbocycles. The van der Waals surface area contributed by atoms with E-state index in [1.54, 1.807) is 6.92 Å². The highest BCUT2D eigenvalue weighted by atomic mass is 28.4. The van der Waals surface area contributed by atoms with Crippen molar-refractivity contribution < 1.29 is 19.4 Å². The molecule has 0 saturated carbocycles. The molecule has 1 aliphatic heterocycles. The van der Waals surface area contributed by atoms with E-state index in [-0.39, 0.29) is 11.5 Å². The number of aliphatic hydroxyl groups excluding tert-OH is 2. The second-order valence-corrected chi connectivity index (χ2v) is 14.7. The Kier molecular flexibility index (Phi) is 7.23. The van der Waals surface area contributed by atoms with Crippen LogP contribution in [0.5, 0.6) is 0 Å². The molecular weight excluding hydrogens is 476 g/mol. The molecular formula is C27H34N2O6Si. The molecule has 192 valence electrons. The largest absolute Gasteiger partial charge is 0.401 e. The molecule has 1 fully saturated rings. The summed E-state index contributed by atoms with van der Waals surface area (Å²) in [4.78, 5) is 26.8. The molecule has 1 aliphatic rings. The van der Waals surface area contributed by atoms with Crippen LogP contribution in [-0.2, 0) is 9.16 Å². The average molecular weight is 511 g/mol. The third-order valence-electron chi connectivity index (χ3n) is 7.10. The molecule has 8 nitrogen and oxygen atoms in total. The number of aromatic amines is 1. The van der Waals surface area contributed by atoms with Crippen molar-refractivity contribution in [2.75, 3.05) is 13.2 Å². The zero-order valence-electron chi connectivity index (χ0n) is 21.1. The van der Waals surface area contributed by atoms with Crippen LogP contribution in [0.2, 0.25) is 5.04 Å². The van der Waals surface area contributed by atoms with Crippen molar-refractivity contribution >= 4 is 18.7 Å². The van der Waals surface area contributed by atoms with Gasteiger partial charge in [0.15, 0.2) is 0 Å². The van der Waals surface area contributed by atoms with E-state index in [2.05, 4.69) is 50.0 Å². The minimum absolute atomic E-state index is 0.205. The maximum Gasteiger partial charge on any atom is 0.330 e. The van der Waals surface area contributed by atoms with Crippen LogP contribution in [0.1, 0.15) is 39.0 Å². The van der Waals surface area contributed by atoms with Gasteiger partial charge >= 0.3 is 5.69 Å². The Labute approximate surface area is 211 Å². The molecule has 2 heterocycles. The number of benzene rings is 2. The predicted octanol–water partition coefficient (Wildman–Crippen LogP) is 1.43. The Bertz CT molecular complexity index is 1260. The second-order valence-electron chi connectivity index (χ2n) is 10.4. The minimum atomic E-state index is -3.05. The minimum Gasteiger partial charge on any atom is -0.401 e. The zero-order valence-corrected chi connectivity index (χ0v) is 22.1. The lowest BCUT2D eigenvalue weighted by atomic mass is 9.99. The summed E-state index contributed by atoms with van der Waals surface area (Å²) in [6.45, 7) is 7.02. The molecule has 0 radical (unpaired) electrons. The summed E-state index contributed by atoms with van der Waals surface area (Å²) in [5.41, 5.74) is -2.18. The highest BCUT2D eigenvalue weighted by Gasteiger charge is 2.58. The molecule has 3 aromatic rings. The van der Waals surface area contributed by atoms with E-state index in [4.69, 9.17) is 9.16 Å².